The maximum atomic E-state index is 11.8. The van der Waals surface area contributed by atoms with Gasteiger partial charge in [0.05, 0.1) is 5.56 Å². The fourth-order valence-electron chi connectivity index (χ4n) is 3.02. The minimum Gasteiger partial charge on any atom is -0.285 e. The summed E-state index contributed by atoms with van der Waals surface area (Å²) < 4.78 is 1.20. The zero-order chi connectivity index (χ0) is 12.4. The Hall–Kier alpha value is -1.74. The molecule has 2 aromatic carbocycles. The van der Waals surface area contributed by atoms with E-state index in [-0.39, 0.29) is 16.8 Å². The molecule has 0 bridgehead atoms. The van der Waals surface area contributed by atoms with E-state index in [9.17, 15) is 9.59 Å². The van der Waals surface area contributed by atoms with Crippen LogP contribution in [-0.4, -0.2) is 0 Å². The van der Waals surface area contributed by atoms with Crippen molar-refractivity contribution in [2.45, 2.75) is 19.3 Å². The molecule has 1 aliphatic carbocycles. The molecule has 1 aliphatic rings. The molecule has 18 heavy (non-hydrogen) atoms. The van der Waals surface area contributed by atoms with Crippen LogP contribution in [0.15, 0.2) is 33.9 Å². The van der Waals surface area contributed by atoms with Crippen LogP contribution in [0.5, 0.6) is 0 Å². The van der Waals surface area contributed by atoms with E-state index in [0.717, 1.165) is 16.9 Å². The number of benzene rings is 1. The monoisotopic (exact) mass is 254 g/mol. The zero-order valence-corrected chi connectivity index (χ0v) is 10.6. The van der Waals surface area contributed by atoms with Crippen molar-refractivity contribution in [3.63, 3.8) is 0 Å². The van der Waals surface area contributed by atoms with E-state index in [0.29, 0.717) is 5.56 Å². The molecule has 3 heteroatoms. The van der Waals surface area contributed by atoms with Crippen LogP contribution in [-0.2, 0) is 6.42 Å². The lowest BCUT2D eigenvalue weighted by Gasteiger charge is -2.23. The topological polar surface area (TPSA) is 34.1 Å². The third-order valence-corrected chi connectivity index (χ3v) is 5.11. The summed E-state index contributed by atoms with van der Waals surface area (Å²) in [4.78, 5) is 24.4. The first kappa shape index (κ1) is 10.2. The first-order valence-corrected chi connectivity index (χ1v) is 6.84. The lowest BCUT2D eigenvalue weighted by atomic mass is 9.79. The van der Waals surface area contributed by atoms with Crippen LogP contribution in [0.3, 0.4) is 0 Å². The quantitative estimate of drug-likeness (QED) is 0.578. The highest BCUT2D eigenvalue weighted by Gasteiger charge is 2.34. The summed E-state index contributed by atoms with van der Waals surface area (Å²) in [6.07, 6.45) is 0.872. The van der Waals surface area contributed by atoms with Gasteiger partial charge in [-0.25, -0.2) is 0 Å². The first-order chi connectivity index (χ1) is 8.68. The Labute approximate surface area is 107 Å². The Kier molecular flexibility index (Phi) is 1.80. The Bertz CT molecular complexity index is 862. The normalized spacial score (nSPS) is 17.9. The van der Waals surface area contributed by atoms with Gasteiger partial charge in [0.15, 0.2) is 0 Å². The zero-order valence-electron chi connectivity index (χ0n) is 9.82. The molecule has 0 amide bonds. The van der Waals surface area contributed by atoms with Crippen LogP contribution in [0, 0.1) is 0 Å². The Balaban J connectivity index is 2.15. The molecule has 0 saturated carbocycles. The molecule has 88 valence electrons. The van der Waals surface area contributed by atoms with Crippen LogP contribution in [0.4, 0.5) is 0 Å². The first-order valence-electron chi connectivity index (χ1n) is 6.02. The molecule has 0 N–H and O–H groups in total. The lowest BCUT2D eigenvalue weighted by molar-refractivity contribution is 0.738. The largest absolute Gasteiger partial charge is 0.285 e. The molecule has 1 aromatic heterocycles. The molecular weight excluding hydrogens is 244 g/mol. The number of thiophene rings is 1. The summed E-state index contributed by atoms with van der Waals surface area (Å²) in [7, 11) is 0. The molecule has 3 aromatic rings. The van der Waals surface area contributed by atoms with Gasteiger partial charge in [-0.15, -0.1) is 11.3 Å². The van der Waals surface area contributed by atoms with Crippen molar-refractivity contribution in [2.24, 2.45) is 0 Å². The highest BCUT2D eigenvalue weighted by atomic mass is 32.1. The maximum absolute atomic E-state index is 11.8. The third kappa shape index (κ3) is 1.03. The van der Waals surface area contributed by atoms with E-state index in [1.165, 1.54) is 15.6 Å². The van der Waals surface area contributed by atoms with Crippen molar-refractivity contribution in [3.8, 4) is 10.4 Å². The average molecular weight is 254 g/mol. The van der Waals surface area contributed by atoms with Crippen molar-refractivity contribution < 1.29 is 0 Å². The van der Waals surface area contributed by atoms with Crippen LogP contribution in [0.2, 0.25) is 0 Å². The molecule has 1 unspecified atom stereocenters. The molecular formula is C15H10O2S. The molecule has 0 spiro atoms. The molecule has 0 saturated heterocycles. The van der Waals surface area contributed by atoms with Crippen molar-refractivity contribution in [1.29, 1.82) is 0 Å². The summed E-state index contributed by atoms with van der Waals surface area (Å²) >= 11 is 1.64. The predicted molar refractivity (Wildman–Crippen MR) is 74.3 cm³/mol. The second-order valence-electron chi connectivity index (χ2n) is 4.96. The highest BCUT2D eigenvalue weighted by molar-refractivity contribution is 7.22. The van der Waals surface area contributed by atoms with Gasteiger partial charge >= 0.3 is 0 Å². The van der Waals surface area contributed by atoms with Gasteiger partial charge in [-0.2, -0.15) is 0 Å². The number of hydrogen-bond donors (Lipinski definition) is 0. The van der Waals surface area contributed by atoms with E-state index < -0.39 is 0 Å². The second-order valence-corrected chi connectivity index (χ2v) is 6.01. The number of hydrogen-bond acceptors (Lipinski definition) is 3. The van der Waals surface area contributed by atoms with Crippen LogP contribution in [0.1, 0.15) is 24.0 Å². The number of rotatable bonds is 0. The van der Waals surface area contributed by atoms with Gasteiger partial charge in [-0.3, -0.25) is 9.59 Å². The SMILES string of the molecule is CC1Cc2c(sc3ccccc23)-c2c1c(=O)c2=O. The predicted octanol–water partition coefficient (Wildman–Crippen LogP) is 2.82. The minimum atomic E-state index is -0.288. The molecule has 1 heterocycles. The van der Waals surface area contributed by atoms with Gasteiger partial charge < -0.3 is 0 Å². The number of fused-ring (bicyclic) bond motifs is 5. The fourth-order valence-corrected chi connectivity index (χ4v) is 4.31. The van der Waals surface area contributed by atoms with Gasteiger partial charge in [0.1, 0.15) is 0 Å². The summed E-state index contributed by atoms with van der Waals surface area (Å²) in [5.41, 5.74) is 2.17. The fraction of sp³-hybridized carbons (Fsp3) is 0.200. The Morgan fingerprint density at radius 3 is 2.78 bits per heavy atom. The third-order valence-electron chi connectivity index (χ3n) is 3.88. The van der Waals surface area contributed by atoms with E-state index >= 15 is 0 Å². The molecule has 0 fully saturated rings. The van der Waals surface area contributed by atoms with Crippen molar-refractivity contribution in [3.05, 3.63) is 55.8 Å². The van der Waals surface area contributed by atoms with E-state index in [4.69, 9.17) is 0 Å². The molecule has 2 nitrogen and oxygen atoms in total. The van der Waals surface area contributed by atoms with Gasteiger partial charge in [0.25, 0.3) is 0 Å². The summed E-state index contributed by atoms with van der Waals surface area (Å²) in [6.45, 7) is 2.04. The van der Waals surface area contributed by atoms with Crippen LogP contribution < -0.4 is 10.9 Å². The summed E-state index contributed by atoms with van der Waals surface area (Å²) in [5, 5.41) is 1.24. The highest BCUT2D eigenvalue weighted by Crippen LogP contribution is 2.45. The van der Waals surface area contributed by atoms with Gasteiger partial charge in [-0.1, -0.05) is 25.1 Å². The second kappa shape index (κ2) is 3.18. The summed E-state index contributed by atoms with van der Waals surface area (Å²) in [6, 6.07) is 8.22. The van der Waals surface area contributed by atoms with Crippen LogP contribution >= 0.6 is 11.3 Å². The Morgan fingerprint density at radius 1 is 1.17 bits per heavy atom. The summed E-state index contributed by atoms with van der Waals surface area (Å²) in [5.74, 6) is 0.177. The Morgan fingerprint density at radius 2 is 1.94 bits per heavy atom. The van der Waals surface area contributed by atoms with E-state index in [2.05, 4.69) is 12.1 Å². The van der Waals surface area contributed by atoms with Crippen molar-refractivity contribution >= 4 is 21.4 Å². The van der Waals surface area contributed by atoms with Gasteiger partial charge in [-0.05, 0) is 29.4 Å². The molecule has 1 atom stereocenters. The van der Waals surface area contributed by atoms with Crippen molar-refractivity contribution in [1.82, 2.24) is 0 Å². The van der Waals surface area contributed by atoms with E-state index in [1.807, 2.05) is 19.1 Å². The van der Waals surface area contributed by atoms with Crippen LogP contribution in [0.25, 0.3) is 20.5 Å². The van der Waals surface area contributed by atoms with Gasteiger partial charge in [0.2, 0.25) is 10.9 Å². The van der Waals surface area contributed by atoms with Gasteiger partial charge in [0, 0.05) is 15.1 Å². The maximum Gasteiger partial charge on any atom is 0.235 e. The smallest absolute Gasteiger partial charge is 0.235 e. The average Bonchev–Trinajstić information content (AvgIpc) is 2.74. The van der Waals surface area contributed by atoms with E-state index in [1.54, 1.807) is 11.3 Å². The standard InChI is InChI=1S/C15H10O2S/c1-7-6-9-8-4-2-3-5-10(8)18-15(9)12-11(7)13(16)14(12)17/h2-5,7H,6H2,1H3. The molecule has 4 rings (SSSR count). The van der Waals surface area contributed by atoms with Crippen molar-refractivity contribution in [2.75, 3.05) is 0 Å². The molecule has 0 radical (unpaired) electrons. The minimum absolute atomic E-state index is 0.177. The lowest BCUT2D eigenvalue weighted by Crippen LogP contribution is -2.40. The molecule has 0 aliphatic heterocycles.